The van der Waals surface area contributed by atoms with E-state index in [1.54, 1.807) is 7.11 Å². The van der Waals surface area contributed by atoms with Gasteiger partial charge in [-0.05, 0) is 43.2 Å². The lowest BCUT2D eigenvalue weighted by atomic mass is 9.95. The number of carbonyl (C=O) groups excluding carboxylic acids is 1. The van der Waals surface area contributed by atoms with Gasteiger partial charge in [-0.15, -0.1) is 0 Å². The molecule has 0 radical (unpaired) electrons. The Kier molecular flexibility index (Phi) is 4.35. The molecular formula is C24H21N3O2. The van der Waals surface area contributed by atoms with Crippen molar-refractivity contribution in [1.29, 1.82) is 0 Å². The Bertz CT molecular complexity index is 1170. The lowest BCUT2D eigenvalue weighted by Crippen LogP contribution is -2.38. The number of ether oxygens (including phenoxy) is 1. The van der Waals surface area contributed by atoms with Crippen molar-refractivity contribution in [3.63, 3.8) is 0 Å². The van der Waals surface area contributed by atoms with Crippen molar-refractivity contribution in [2.75, 3.05) is 25.1 Å². The number of hydrogen-bond donors (Lipinski definition) is 0. The summed E-state index contributed by atoms with van der Waals surface area (Å²) in [5.74, 6) is 2.39. The van der Waals surface area contributed by atoms with Crippen LogP contribution in [0.3, 0.4) is 0 Å². The molecule has 0 fully saturated rings. The zero-order chi connectivity index (χ0) is 19.8. The second-order valence-corrected chi connectivity index (χ2v) is 7.28. The Morgan fingerprint density at radius 3 is 2.76 bits per heavy atom. The third kappa shape index (κ3) is 3.09. The van der Waals surface area contributed by atoms with Crippen LogP contribution in [0, 0.1) is 0 Å². The summed E-state index contributed by atoms with van der Waals surface area (Å²) in [6.07, 6.45) is 3.96. The van der Waals surface area contributed by atoms with E-state index in [0.717, 1.165) is 59.8 Å². The first-order chi connectivity index (χ1) is 14.2. The molecule has 0 atom stereocenters. The first-order valence-corrected chi connectivity index (χ1v) is 9.87. The van der Waals surface area contributed by atoms with Crippen molar-refractivity contribution in [1.82, 2.24) is 4.98 Å². The number of Topliss-reactive ketones (excluding diaryl/α,β-unsaturated/α-hetero) is 1. The normalized spacial score (nSPS) is 15.7. The number of ketones is 1. The highest BCUT2D eigenvalue weighted by molar-refractivity contribution is 6.35. The molecule has 144 valence electrons. The molecular weight excluding hydrogens is 362 g/mol. The van der Waals surface area contributed by atoms with Gasteiger partial charge in [-0.3, -0.25) is 9.79 Å². The van der Waals surface area contributed by atoms with Gasteiger partial charge in [0.05, 0.1) is 18.2 Å². The quantitative estimate of drug-likeness (QED) is 0.624. The molecule has 0 bridgehead atoms. The molecule has 0 saturated heterocycles. The summed E-state index contributed by atoms with van der Waals surface area (Å²) in [6, 6.07) is 17.3. The zero-order valence-corrected chi connectivity index (χ0v) is 16.3. The van der Waals surface area contributed by atoms with Crippen molar-refractivity contribution in [2.45, 2.75) is 12.8 Å². The monoisotopic (exact) mass is 383 g/mol. The van der Waals surface area contributed by atoms with Gasteiger partial charge >= 0.3 is 0 Å². The molecule has 0 saturated carbocycles. The minimum atomic E-state index is -0.00682. The number of hydrogen-bond acceptors (Lipinski definition) is 5. The van der Waals surface area contributed by atoms with E-state index in [1.807, 2.05) is 54.6 Å². The van der Waals surface area contributed by atoms with E-state index < -0.39 is 0 Å². The average molecular weight is 383 g/mol. The summed E-state index contributed by atoms with van der Waals surface area (Å²) < 4.78 is 5.36. The molecule has 0 unspecified atom stereocenters. The van der Waals surface area contributed by atoms with Gasteiger partial charge in [0.25, 0.3) is 0 Å². The van der Waals surface area contributed by atoms with Crippen LogP contribution in [-0.2, 0) is 0 Å². The van der Waals surface area contributed by atoms with Gasteiger partial charge in [0.1, 0.15) is 17.4 Å². The first-order valence-electron chi connectivity index (χ1n) is 9.87. The van der Waals surface area contributed by atoms with E-state index >= 15 is 0 Å². The SMILES string of the molecule is COc1ccc2nc3c(cc2c1)C=C(C(=O)c1ccccc1)C1=NCCCCN13. The molecule has 5 heteroatoms. The summed E-state index contributed by atoms with van der Waals surface area (Å²) in [5, 5.41) is 0.987. The number of aliphatic imine (C=N–C) groups is 1. The van der Waals surface area contributed by atoms with E-state index in [9.17, 15) is 4.79 Å². The molecule has 0 spiro atoms. The lowest BCUT2D eigenvalue weighted by Gasteiger charge is -2.30. The fourth-order valence-corrected chi connectivity index (χ4v) is 3.94. The van der Waals surface area contributed by atoms with Gasteiger partial charge < -0.3 is 9.64 Å². The van der Waals surface area contributed by atoms with E-state index in [1.165, 1.54) is 0 Å². The number of amidine groups is 1. The van der Waals surface area contributed by atoms with Crippen molar-refractivity contribution >= 4 is 34.4 Å². The number of benzene rings is 2. The third-order valence-electron chi connectivity index (χ3n) is 5.41. The van der Waals surface area contributed by atoms with Crippen LogP contribution >= 0.6 is 0 Å². The smallest absolute Gasteiger partial charge is 0.196 e. The Labute approximate surface area is 169 Å². The third-order valence-corrected chi connectivity index (χ3v) is 5.41. The maximum atomic E-state index is 13.3. The Morgan fingerprint density at radius 1 is 1.07 bits per heavy atom. The minimum absolute atomic E-state index is 0.00682. The second kappa shape index (κ2) is 7.17. The zero-order valence-electron chi connectivity index (χ0n) is 16.3. The number of rotatable bonds is 3. The number of methoxy groups -OCH3 is 1. The van der Waals surface area contributed by atoms with Gasteiger partial charge in [-0.2, -0.15) is 0 Å². The molecule has 3 aromatic rings. The van der Waals surface area contributed by atoms with Gasteiger partial charge in [0.15, 0.2) is 5.78 Å². The van der Waals surface area contributed by atoms with Crippen LogP contribution in [0.1, 0.15) is 28.8 Å². The number of carbonyl (C=O) groups is 1. The summed E-state index contributed by atoms with van der Waals surface area (Å²) in [7, 11) is 1.66. The average Bonchev–Trinajstić information content (AvgIpc) is 3.03. The molecule has 2 aliphatic heterocycles. The molecule has 5 rings (SSSR count). The number of pyridine rings is 1. The number of fused-ring (bicyclic) bond motifs is 4. The summed E-state index contributed by atoms with van der Waals surface area (Å²) >= 11 is 0. The standard InChI is InChI=1S/C24H21N3O2/c1-29-19-9-10-21-17(14-19)13-18-15-20(22(28)16-7-3-2-4-8-16)24-25-11-5-6-12-27(24)23(18)26-21/h2-4,7-10,13-15H,5-6,11-12H2,1H3. The Balaban J connectivity index is 1.71. The molecule has 0 aliphatic carbocycles. The first kappa shape index (κ1) is 17.6. The van der Waals surface area contributed by atoms with Gasteiger partial charge in [-0.25, -0.2) is 4.98 Å². The topological polar surface area (TPSA) is 54.8 Å². The van der Waals surface area contributed by atoms with Gasteiger partial charge in [-0.1, -0.05) is 30.3 Å². The van der Waals surface area contributed by atoms with E-state index in [2.05, 4.69) is 11.0 Å². The molecule has 29 heavy (non-hydrogen) atoms. The fourth-order valence-electron chi connectivity index (χ4n) is 3.94. The van der Waals surface area contributed by atoms with Crippen LogP contribution in [0.4, 0.5) is 5.82 Å². The van der Waals surface area contributed by atoms with Crippen LogP contribution in [0.5, 0.6) is 5.75 Å². The molecule has 3 heterocycles. The second-order valence-electron chi connectivity index (χ2n) is 7.28. The number of nitrogens with zero attached hydrogens (tertiary/aromatic N) is 3. The van der Waals surface area contributed by atoms with Gasteiger partial charge in [0, 0.05) is 29.6 Å². The van der Waals surface area contributed by atoms with Crippen LogP contribution in [0.25, 0.3) is 17.0 Å². The molecule has 0 amide bonds. The molecule has 2 aliphatic rings. The van der Waals surface area contributed by atoms with E-state index in [0.29, 0.717) is 11.1 Å². The van der Waals surface area contributed by atoms with E-state index in [4.69, 9.17) is 14.7 Å². The summed E-state index contributed by atoms with van der Waals surface area (Å²) in [4.78, 5) is 25.1. The van der Waals surface area contributed by atoms with Crippen LogP contribution in [0.2, 0.25) is 0 Å². The highest BCUT2D eigenvalue weighted by Crippen LogP contribution is 2.34. The largest absolute Gasteiger partial charge is 0.497 e. The highest BCUT2D eigenvalue weighted by atomic mass is 16.5. The molecule has 0 N–H and O–H groups in total. The highest BCUT2D eigenvalue weighted by Gasteiger charge is 2.31. The number of aromatic nitrogens is 1. The van der Waals surface area contributed by atoms with E-state index in [-0.39, 0.29) is 5.78 Å². The van der Waals surface area contributed by atoms with Gasteiger partial charge in [0.2, 0.25) is 0 Å². The number of anilines is 1. The molecule has 2 aromatic carbocycles. The fraction of sp³-hybridized carbons (Fsp3) is 0.208. The van der Waals surface area contributed by atoms with Crippen molar-refractivity contribution in [3.8, 4) is 5.75 Å². The van der Waals surface area contributed by atoms with Crippen LogP contribution < -0.4 is 9.64 Å². The maximum Gasteiger partial charge on any atom is 0.196 e. The van der Waals surface area contributed by atoms with Crippen LogP contribution in [0.15, 0.2) is 65.2 Å². The predicted molar refractivity (Wildman–Crippen MR) is 116 cm³/mol. The van der Waals surface area contributed by atoms with Crippen molar-refractivity contribution in [3.05, 3.63) is 71.3 Å². The lowest BCUT2D eigenvalue weighted by molar-refractivity contribution is 0.104. The molecule has 5 nitrogen and oxygen atoms in total. The summed E-state index contributed by atoms with van der Waals surface area (Å²) in [6.45, 7) is 1.53. The van der Waals surface area contributed by atoms with Crippen molar-refractivity contribution in [2.24, 2.45) is 4.99 Å². The maximum absolute atomic E-state index is 13.3. The van der Waals surface area contributed by atoms with Crippen LogP contribution in [-0.4, -0.2) is 36.8 Å². The Hall–Kier alpha value is -3.47. The minimum Gasteiger partial charge on any atom is -0.497 e. The predicted octanol–water partition coefficient (Wildman–Crippen LogP) is 4.52. The molecule has 1 aromatic heterocycles. The Morgan fingerprint density at radius 2 is 1.93 bits per heavy atom. The summed E-state index contributed by atoms with van der Waals surface area (Å²) in [5.41, 5.74) is 3.14. The van der Waals surface area contributed by atoms with Crippen molar-refractivity contribution < 1.29 is 9.53 Å².